The van der Waals surface area contributed by atoms with Gasteiger partial charge >= 0.3 is 0 Å². The molecule has 1 unspecified atom stereocenters. The van der Waals surface area contributed by atoms with Crippen molar-refractivity contribution in [3.8, 4) is 0 Å². The summed E-state index contributed by atoms with van der Waals surface area (Å²) in [4.78, 5) is 13.8. The first-order valence-electron chi connectivity index (χ1n) is 5.57. The second kappa shape index (κ2) is 6.54. The molecule has 0 saturated carbocycles. The summed E-state index contributed by atoms with van der Waals surface area (Å²) in [5, 5.41) is 0. The highest BCUT2D eigenvalue weighted by Crippen LogP contribution is 2.09. The van der Waals surface area contributed by atoms with Crippen LogP contribution >= 0.6 is 11.6 Å². The van der Waals surface area contributed by atoms with Crippen LogP contribution in [-0.4, -0.2) is 23.2 Å². The Morgan fingerprint density at radius 1 is 1.38 bits per heavy atom. The number of hydrogen-bond acceptors (Lipinski definition) is 1. The fraction of sp³-hybridized carbons (Fsp3) is 0.462. The summed E-state index contributed by atoms with van der Waals surface area (Å²) in [7, 11) is 0. The summed E-state index contributed by atoms with van der Waals surface area (Å²) >= 11 is 5.70. The fourth-order valence-electron chi connectivity index (χ4n) is 1.53. The molecule has 88 valence electrons. The molecule has 0 N–H and O–H groups in total. The van der Waals surface area contributed by atoms with Crippen molar-refractivity contribution in [3.05, 3.63) is 35.9 Å². The summed E-state index contributed by atoms with van der Waals surface area (Å²) < 4.78 is 0. The first kappa shape index (κ1) is 13.0. The molecule has 0 aromatic heterocycles. The van der Waals surface area contributed by atoms with E-state index in [1.54, 1.807) is 0 Å². The molecule has 1 rings (SSSR count). The van der Waals surface area contributed by atoms with Gasteiger partial charge in [0, 0.05) is 24.9 Å². The molecule has 0 aliphatic carbocycles. The Bertz CT molecular complexity index is 326. The van der Waals surface area contributed by atoms with E-state index in [2.05, 4.69) is 0 Å². The van der Waals surface area contributed by atoms with E-state index in [-0.39, 0.29) is 11.8 Å². The Labute approximate surface area is 102 Å². The molecule has 1 atom stereocenters. The monoisotopic (exact) mass is 239 g/mol. The normalized spacial score (nSPS) is 12.2. The van der Waals surface area contributed by atoms with Gasteiger partial charge < -0.3 is 4.90 Å². The SMILES string of the molecule is CCN(Cc1ccccc1)C(=O)C(C)CCl. The van der Waals surface area contributed by atoms with E-state index in [1.165, 1.54) is 0 Å². The number of carbonyl (C=O) groups excluding carboxylic acids is 1. The van der Waals surface area contributed by atoms with E-state index in [4.69, 9.17) is 11.6 Å². The zero-order valence-corrected chi connectivity index (χ0v) is 10.6. The third-order valence-electron chi connectivity index (χ3n) is 2.56. The van der Waals surface area contributed by atoms with E-state index in [0.717, 1.165) is 12.1 Å². The van der Waals surface area contributed by atoms with Crippen molar-refractivity contribution in [3.63, 3.8) is 0 Å². The van der Waals surface area contributed by atoms with Crippen LogP contribution < -0.4 is 0 Å². The van der Waals surface area contributed by atoms with Crippen LogP contribution in [0.5, 0.6) is 0 Å². The van der Waals surface area contributed by atoms with Crippen LogP contribution in [0.15, 0.2) is 30.3 Å². The Morgan fingerprint density at radius 3 is 2.50 bits per heavy atom. The highest BCUT2D eigenvalue weighted by atomic mass is 35.5. The van der Waals surface area contributed by atoms with Crippen LogP contribution in [-0.2, 0) is 11.3 Å². The number of halogens is 1. The number of alkyl halides is 1. The van der Waals surface area contributed by atoms with Crippen molar-refractivity contribution in [2.75, 3.05) is 12.4 Å². The van der Waals surface area contributed by atoms with Crippen molar-refractivity contribution in [2.24, 2.45) is 5.92 Å². The van der Waals surface area contributed by atoms with Crippen LogP contribution in [0.4, 0.5) is 0 Å². The quantitative estimate of drug-likeness (QED) is 0.724. The topological polar surface area (TPSA) is 20.3 Å². The number of benzene rings is 1. The van der Waals surface area contributed by atoms with Gasteiger partial charge in [-0.05, 0) is 12.5 Å². The van der Waals surface area contributed by atoms with Gasteiger partial charge in [0.15, 0.2) is 0 Å². The molecule has 3 heteroatoms. The smallest absolute Gasteiger partial charge is 0.226 e. The maximum Gasteiger partial charge on any atom is 0.226 e. The van der Waals surface area contributed by atoms with Crippen LogP contribution in [0.25, 0.3) is 0 Å². The summed E-state index contributed by atoms with van der Waals surface area (Å²) in [6, 6.07) is 10.0. The van der Waals surface area contributed by atoms with Gasteiger partial charge in [0.25, 0.3) is 0 Å². The van der Waals surface area contributed by atoms with E-state index >= 15 is 0 Å². The van der Waals surface area contributed by atoms with Crippen molar-refractivity contribution >= 4 is 17.5 Å². The van der Waals surface area contributed by atoms with E-state index < -0.39 is 0 Å². The third-order valence-corrected chi connectivity index (χ3v) is 3.03. The molecule has 0 fully saturated rings. The third kappa shape index (κ3) is 3.53. The first-order chi connectivity index (χ1) is 7.69. The standard InChI is InChI=1S/C13H18ClNO/c1-3-15(13(16)11(2)9-14)10-12-7-5-4-6-8-12/h4-8,11H,3,9-10H2,1-2H3. The minimum Gasteiger partial charge on any atom is -0.338 e. The minimum atomic E-state index is -0.106. The molecule has 0 aliphatic heterocycles. The molecule has 0 spiro atoms. The summed E-state index contributed by atoms with van der Waals surface area (Å²) in [6.45, 7) is 5.23. The maximum absolute atomic E-state index is 12.0. The minimum absolute atomic E-state index is 0.106. The molecule has 0 bridgehead atoms. The average Bonchev–Trinajstić information content (AvgIpc) is 2.35. The Hall–Kier alpha value is -1.02. The molecule has 0 heterocycles. The highest BCUT2D eigenvalue weighted by Gasteiger charge is 2.18. The van der Waals surface area contributed by atoms with Crippen LogP contribution in [0, 0.1) is 5.92 Å². The predicted molar refractivity (Wildman–Crippen MR) is 67.4 cm³/mol. The van der Waals surface area contributed by atoms with Crippen molar-refractivity contribution in [1.29, 1.82) is 0 Å². The molecule has 0 aliphatic rings. The average molecular weight is 240 g/mol. The van der Waals surface area contributed by atoms with Gasteiger partial charge in [-0.15, -0.1) is 11.6 Å². The lowest BCUT2D eigenvalue weighted by molar-refractivity contribution is -0.134. The second-order valence-corrected chi connectivity index (χ2v) is 4.20. The van der Waals surface area contributed by atoms with Crippen molar-refractivity contribution < 1.29 is 4.79 Å². The fourth-order valence-corrected chi connectivity index (χ4v) is 1.66. The molecule has 16 heavy (non-hydrogen) atoms. The van der Waals surface area contributed by atoms with Crippen LogP contribution in [0.1, 0.15) is 19.4 Å². The molecule has 1 amide bonds. The predicted octanol–water partition coefficient (Wildman–Crippen LogP) is 2.91. The largest absolute Gasteiger partial charge is 0.338 e. The number of amides is 1. The Morgan fingerprint density at radius 2 is 2.00 bits per heavy atom. The molecule has 0 saturated heterocycles. The Balaban J connectivity index is 2.66. The molecule has 1 aromatic rings. The molecular formula is C13H18ClNO. The highest BCUT2D eigenvalue weighted by molar-refractivity contribution is 6.19. The van der Waals surface area contributed by atoms with Crippen LogP contribution in [0.3, 0.4) is 0 Å². The van der Waals surface area contributed by atoms with Gasteiger partial charge in [-0.3, -0.25) is 4.79 Å². The van der Waals surface area contributed by atoms with Gasteiger partial charge in [-0.25, -0.2) is 0 Å². The lowest BCUT2D eigenvalue weighted by atomic mass is 10.1. The van der Waals surface area contributed by atoms with Gasteiger partial charge in [0.1, 0.15) is 0 Å². The van der Waals surface area contributed by atoms with Gasteiger partial charge in [0.05, 0.1) is 0 Å². The number of carbonyl (C=O) groups is 1. The van der Waals surface area contributed by atoms with E-state index in [0.29, 0.717) is 12.4 Å². The van der Waals surface area contributed by atoms with Crippen molar-refractivity contribution in [1.82, 2.24) is 4.90 Å². The van der Waals surface area contributed by atoms with Crippen LogP contribution in [0.2, 0.25) is 0 Å². The Kier molecular flexibility index (Phi) is 5.33. The maximum atomic E-state index is 12.0. The number of rotatable bonds is 5. The molecule has 0 radical (unpaired) electrons. The van der Waals surface area contributed by atoms with E-state index in [1.807, 2.05) is 49.1 Å². The molecule has 2 nitrogen and oxygen atoms in total. The summed E-state index contributed by atoms with van der Waals surface area (Å²) in [5.74, 6) is 0.399. The van der Waals surface area contributed by atoms with Gasteiger partial charge in [-0.1, -0.05) is 37.3 Å². The zero-order chi connectivity index (χ0) is 12.0. The first-order valence-corrected chi connectivity index (χ1v) is 6.11. The lowest BCUT2D eigenvalue weighted by Gasteiger charge is -2.23. The zero-order valence-electron chi connectivity index (χ0n) is 9.82. The molecular weight excluding hydrogens is 222 g/mol. The molecule has 1 aromatic carbocycles. The van der Waals surface area contributed by atoms with E-state index in [9.17, 15) is 4.79 Å². The number of hydrogen-bond donors (Lipinski definition) is 0. The lowest BCUT2D eigenvalue weighted by Crippen LogP contribution is -2.35. The summed E-state index contributed by atoms with van der Waals surface area (Å²) in [5.41, 5.74) is 1.15. The van der Waals surface area contributed by atoms with Gasteiger partial charge in [0.2, 0.25) is 5.91 Å². The second-order valence-electron chi connectivity index (χ2n) is 3.89. The summed E-state index contributed by atoms with van der Waals surface area (Å²) in [6.07, 6.45) is 0. The van der Waals surface area contributed by atoms with Gasteiger partial charge in [-0.2, -0.15) is 0 Å². The number of nitrogens with zero attached hydrogens (tertiary/aromatic N) is 1. The van der Waals surface area contributed by atoms with Crippen molar-refractivity contribution in [2.45, 2.75) is 20.4 Å².